The third-order valence-corrected chi connectivity index (χ3v) is 4.84. The first-order valence-electron chi connectivity index (χ1n) is 9.67. The molecule has 1 aliphatic rings. The van der Waals surface area contributed by atoms with E-state index in [0.29, 0.717) is 31.1 Å². The van der Waals surface area contributed by atoms with Crippen molar-refractivity contribution >= 4 is 12.1 Å². The van der Waals surface area contributed by atoms with Crippen LogP contribution >= 0.6 is 0 Å². The van der Waals surface area contributed by atoms with Gasteiger partial charge in [0, 0.05) is 38.8 Å². The van der Waals surface area contributed by atoms with Gasteiger partial charge in [-0.15, -0.1) is 0 Å². The lowest BCUT2D eigenvalue weighted by Crippen LogP contribution is -2.49. The van der Waals surface area contributed by atoms with Gasteiger partial charge in [0.25, 0.3) is 0 Å². The molecule has 31 heavy (non-hydrogen) atoms. The van der Waals surface area contributed by atoms with Gasteiger partial charge in [-0.05, 0) is 38.5 Å². The molecule has 1 aromatic rings. The number of hydrogen-bond acceptors (Lipinski definition) is 6. The molecule has 0 aliphatic carbocycles. The van der Waals surface area contributed by atoms with E-state index >= 15 is 0 Å². The molecule has 1 heterocycles. The van der Waals surface area contributed by atoms with Crippen molar-refractivity contribution in [2.24, 2.45) is 0 Å². The Morgan fingerprint density at radius 1 is 1.10 bits per heavy atom. The van der Waals surface area contributed by atoms with Gasteiger partial charge in [-0.1, -0.05) is 0 Å². The maximum absolute atomic E-state index is 12.6. The summed E-state index contributed by atoms with van der Waals surface area (Å²) in [5, 5.41) is 9.26. The van der Waals surface area contributed by atoms with Gasteiger partial charge in [-0.25, -0.2) is 9.59 Å². The van der Waals surface area contributed by atoms with E-state index in [9.17, 15) is 27.9 Å². The standard InChI is InChI=1S/C20H27F3N2O6/c1-13(20(21,22)23)30-18(28)25-7-5-24(6-8-25)12-14-9-15(29-4)11-16(10-14)31-19(2,3)17(26)27/h9-11,13H,5-8,12H2,1-4H3,(H,26,27). The Morgan fingerprint density at radius 2 is 1.68 bits per heavy atom. The summed E-state index contributed by atoms with van der Waals surface area (Å²) in [5.41, 5.74) is -0.624. The van der Waals surface area contributed by atoms with Crippen LogP contribution in [0, 0.1) is 0 Å². The molecule has 1 aromatic carbocycles. The molecular weight excluding hydrogens is 421 g/mol. The fourth-order valence-electron chi connectivity index (χ4n) is 2.88. The van der Waals surface area contributed by atoms with Gasteiger partial charge < -0.3 is 24.2 Å². The van der Waals surface area contributed by atoms with Crippen LogP contribution in [0.4, 0.5) is 18.0 Å². The van der Waals surface area contributed by atoms with Crippen molar-refractivity contribution in [1.82, 2.24) is 9.80 Å². The molecule has 11 heteroatoms. The Hall–Kier alpha value is -2.69. The van der Waals surface area contributed by atoms with Crippen LogP contribution in [-0.2, 0) is 16.1 Å². The van der Waals surface area contributed by atoms with Crippen LogP contribution < -0.4 is 9.47 Å². The number of ether oxygens (including phenoxy) is 3. The SMILES string of the molecule is COc1cc(CN2CCN(C(=O)OC(C)C(F)(F)F)CC2)cc(OC(C)(C)C(=O)O)c1. The zero-order chi connectivity index (χ0) is 23.4. The first-order chi connectivity index (χ1) is 14.3. The Morgan fingerprint density at radius 3 is 2.19 bits per heavy atom. The summed E-state index contributed by atoms with van der Waals surface area (Å²) < 4.78 is 53.0. The molecule has 0 saturated carbocycles. The number of benzene rings is 1. The number of hydrogen-bond donors (Lipinski definition) is 1. The molecule has 1 amide bonds. The second-order valence-corrected chi connectivity index (χ2v) is 7.77. The quantitative estimate of drug-likeness (QED) is 0.686. The summed E-state index contributed by atoms with van der Waals surface area (Å²) in [4.78, 5) is 26.5. The van der Waals surface area contributed by atoms with E-state index in [2.05, 4.69) is 4.74 Å². The third kappa shape index (κ3) is 6.91. The molecule has 1 fully saturated rings. The highest BCUT2D eigenvalue weighted by Crippen LogP contribution is 2.27. The second-order valence-electron chi connectivity index (χ2n) is 7.77. The van der Waals surface area contributed by atoms with Gasteiger partial charge in [-0.2, -0.15) is 13.2 Å². The number of nitrogens with zero attached hydrogens (tertiary/aromatic N) is 2. The Labute approximate surface area is 178 Å². The molecule has 1 aliphatic heterocycles. The van der Waals surface area contributed by atoms with Crippen molar-refractivity contribution in [3.63, 3.8) is 0 Å². The minimum atomic E-state index is -4.60. The molecule has 1 N–H and O–H groups in total. The summed E-state index contributed by atoms with van der Waals surface area (Å²) >= 11 is 0. The van der Waals surface area contributed by atoms with Crippen molar-refractivity contribution in [2.75, 3.05) is 33.3 Å². The van der Waals surface area contributed by atoms with E-state index in [1.54, 1.807) is 18.2 Å². The smallest absolute Gasteiger partial charge is 0.425 e. The van der Waals surface area contributed by atoms with Gasteiger partial charge >= 0.3 is 18.2 Å². The average molecular weight is 448 g/mol. The molecule has 2 rings (SSSR count). The van der Waals surface area contributed by atoms with Gasteiger partial charge in [0.1, 0.15) is 11.5 Å². The van der Waals surface area contributed by atoms with E-state index in [4.69, 9.17) is 9.47 Å². The minimum absolute atomic E-state index is 0.225. The predicted molar refractivity (Wildman–Crippen MR) is 104 cm³/mol. The number of aliphatic carboxylic acids is 1. The topological polar surface area (TPSA) is 88.5 Å². The molecule has 0 radical (unpaired) electrons. The average Bonchev–Trinajstić information content (AvgIpc) is 2.67. The maximum Gasteiger partial charge on any atom is 0.425 e. The van der Waals surface area contributed by atoms with Gasteiger partial charge in [-0.3, -0.25) is 4.90 Å². The van der Waals surface area contributed by atoms with Crippen LogP contribution in [0.15, 0.2) is 18.2 Å². The lowest BCUT2D eigenvalue weighted by atomic mass is 10.1. The van der Waals surface area contributed by atoms with Crippen molar-refractivity contribution in [1.29, 1.82) is 0 Å². The third-order valence-electron chi connectivity index (χ3n) is 4.84. The number of carbonyl (C=O) groups is 2. The number of piperazine rings is 1. The van der Waals surface area contributed by atoms with Gasteiger partial charge in [0.05, 0.1) is 7.11 Å². The summed E-state index contributed by atoms with van der Waals surface area (Å²) in [6, 6.07) is 5.08. The number of carbonyl (C=O) groups excluding carboxylic acids is 1. The maximum atomic E-state index is 12.6. The highest BCUT2D eigenvalue weighted by atomic mass is 19.4. The van der Waals surface area contributed by atoms with Crippen LogP contribution in [0.3, 0.4) is 0 Å². The molecule has 8 nitrogen and oxygen atoms in total. The molecule has 1 unspecified atom stereocenters. The zero-order valence-electron chi connectivity index (χ0n) is 17.9. The molecule has 0 aromatic heterocycles. The van der Waals surface area contributed by atoms with Crippen LogP contribution in [-0.4, -0.2) is 78.1 Å². The summed E-state index contributed by atoms with van der Waals surface area (Å²) in [7, 11) is 1.48. The molecule has 0 spiro atoms. The van der Waals surface area contributed by atoms with Gasteiger partial charge in [0.15, 0.2) is 11.7 Å². The molecule has 174 valence electrons. The normalized spacial score (nSPS) is 16.5. The number of alkyl halides is 3. The largest absolute Gasteiger partial charge is 0.497 e. The lowest BCUT2D eigenvalue weighted by molar-refractivity contribution is -0.200. The number of carboxylic acid groups (broad SMARTS) is 1. The van der Waals surface area contributed by atoms with Gasteiger partial charge in [0.2, 0.25) is 0 Å². The summed E-state index contributed by atoms with van der Waals surface area (Å²) in [6.07, 6.45) is -7.75. The number of methoxy groups -OCH3 is 1. The van der Waals surface area contributed by atoms with E-state index in [1.165, 1.54) is 25.9 Å². The monoisotopic (exact) mass is 448 g/mol. The van der Waals surface area contributed by atoms with E-state index < -0.39 is 29.9 Å². The number of halogens is 3. The first kappa shape index (κ1) is 24.6. The Balaban J connectivity index is 1.98. The first-order valence-corrected chi connectivity index (χ1v) is 9.67. The molecule has 1 saturated heterocycles. The van der Waals surface area contributed by atoms with E-state index in [0.717, 1.165) is 12.5 Å². The van der Waals surface area contributed by atoms with Crippen molar-refractivity contribution in [3.05, 3.63) is 23.8 Å². The second kappa shape index (κ2) is 9.63. The Kier molecular flexibility index (Phi) is 7.63. The van der Waals surface area contributed by atoms with Crippen molar-refractivity contribution < 1.29 is 42.1 Å². The Bertz CT molecular complexity index is 792. The summed E-state index contributed by atoms with van der Waals surface area (Å²) in [5.74, 6) is -0.276. The highest BCUT2D eigenvalue weighted by molar-refractivity contribution is 5.76. The molecule has 1 atom stereocenters. The van der Waals surface area contributed by atoms with Crippen LogP contribution in [0.1, 0.15) is 26.3 Å². The minimum Gasteiger partial charge on any atom is -0.497 e. The number of carboxylic acids is 1. The van der Waals surface area contributed by atoms with E-state index in [1.807, 2.05) is 4.90 Å². The molecular formula is C20H27F3N2O6. The van der Waals surface area contributed by atoms with Crippen LogP contribution in [0.5, 0.6) is 11.5 Å². The van der Waals surface area contributed by atoms with Crippen LogP contribution in [0.2, 0.25) is 0 Å². The van der Waals surface area contributed by atoms with Crippen molar-refractivity contribution in [2.45, 2.75) is 45.2 Å². The van der Waals surface area contributed by atoms with Crippen LogP contribution in [0.25, 0.3) is 0 Å². The lowest BCUT2D eigenvalue weighted by Gasteiger charge is -2.34. The predicted octanol–water partition coefficient (Wildman–Crippen LogP) is 3.14. The van der Waals surface area contributed by atoms with E-state index in [-0.39, 0.29) is 13.1 Å². The number of rotatable bonds is 7. The van der Waals surface area contributed by atoms with Crippen molar-refractivity contribution in [3.8, 4) is 11.5 Å². The fourth-order valence-corrected chi connectivity index (χ4v) is 2.88. The number of amides is 1. The highest BCUT2D eigenvalue weighted by Gasteiger charge is 2.40. The molecule has 0 bridgehead atoms. The fraction of sp³-hybridized carbons (Fsp3) is 0.600. The zero-order valence-corrected chi connectivity index (χ0v) is 17.9. The summed E-state index contributed by atoms with van der Waals surface area (Å²) in [6.45, 7) is 5.45.